The van der Waals surface area contributed by atoms with Crippen LogP contribution in [0.3, 0.4) is 0 Å². The van der Waals surface area contributed by atoms with E-state index in [9.17, 15) is 19.2 Å². The van der Waals surface area contributed by atoms with Gasteiger partial charge in [0.15, 0.2) is 5.75 Å². The molecule has 1 unspecified atom stereocenters. The van der Waals surface area contributed by atoms with Crippen LogP contribution in [-0.4, -0.2) is 122 Å². The van der Waals surface area contributed by atoms with Crippen LogP contribution in [0.15, 0.2) is 77.4 Å². The molecule has 3 aliphatic rings. The van der Waals surface area contributed by atoms with Crippen molar-refractivity contribution in [3.8, 4) is 11.5 Å². The van der Waals surface area contributed by atoms with E-state index in [4.69, 9.17) is 9.47 Å². The number of halogens is 1. The largest absolute Gasteiger partial charge is 0.494 e. The van der Waals surface area contributed by atoms with Gasteiger partial charge < -0.3 is 40.1 Å². The number of benzene rings is 3. The lowest BCUT2D eigenvalue weighted by atomic mass is 9.89. The van der Waals surface area contributed by atoms with Crippen molar-refractivity contribution in [1.29, 1.82) is 0 Å². The second-order valence-corrected chi connectivity index (χ2v) is 15.8. The first-order valence-electron chi connectivity index (χ1n) is 19.7. The molecule has 7 rings (SSSR count). The number of para-hydroxylation sites is 2. The number of imide groups is 1. The molecule has 3 aromatic carbocycles. The van der Waals surface area contributed by atoms with E-state index in [1.54, 1.807) is 45.6 Å². The third-order valence-electron chi connectivity index (χ3n) is 10.8. The summed E-state index contributed by atoms with van der Waals surface area (Å²) in [7, 11) is 4.85. The summed E-state index contributed by atoms with van der Waals surface area (Å²) >= 11 is 3.51. The minimum Gasteiger partial charge on any atom is -0.494 e. The molecule has 1 atom stereocenters. The molecule has 1 aromatic heterocycles. The van der Waals surface area contributed by atoms with Crippen LogP contribution in [-0.2, 0) is 14.4 Å². The maximum absolute atomic E-state index is 13.4. The zero-order valence-corrected chi connectivity index (χ0v) is 35.0. The summed E-state index contributed by atoms with van der Waals surface area (Å²) in [5.74, 6) is 1.84. The molecule has 4 N–H and O–H groups in total. The molecule has 0 spiro atoms. The van der Waals surface area contributed by atoms with Gasteiger partial charge in [0.2, 0.25) is 23.7 Å². The van der Waals surface area contributed by atoms with Crippen LogP contribution < -0.4 is 35.6 Å². The highest BCUT2D eigenvalue weighted by atomic mass is 79.9. The summed E-state index contributed by atoms with van der Waals surface area (Å²) in [5, 5.41) is 12.1. The van der Waals surface area contributed by atoms with Crippen LogP contribution in [0.1, 0.15) is 37.2 Å². The van der Waals surface area contributed by atoms with Gasteiger partial charge in [-0.05, 0) is 96.2 Å². The lowest BCUT2D eigenvalue weighted by Crippen LogP contribution is -2.51. The molecule has 59 heavy (non-hydrogen) atoms. The number of piperazine rings is 1. The fraction of sp³-hybridized carbons (Fsp3) is 0.381. The Morgan fingerprint density at radius 2 is 1.63 bits per heavy atom. The minimum absolute atomic E-state index is 0.158. The normalized spacial score (nSPS) is 17.5. The van der Waals surface area contributed by atoms with Crippen molar-refractivity contribution in [2.75, 3.05) is 87.9 Å². The van der Waals surface area contributed by atoms with E-state index < -0.39 is 12.1 Å². The molecule has 4 heterocycles. The summed E-state index contributed by atoms with van der Waals surface area (Å²) < 4.78 is 11.9. The molecule has 0 radical (unpaired) electrons. The first-order valence-corrected chi connectivity index (χ1v) is 20.5. The molecule has 310 valence electrons. The number of rotatable bonds is 12. The molecule has 17 heteroatoms. The first-order chi connectivity index (χ1) is 28.5. The van der Waals surface area contributed by atoms with Crippen molar-refractivity contribution in [3.63, 3.8) is 0 Å². The number of amides is 4. The molecule has 3 fully saturated rings. The quantitative estimate of drug-likeness (QED) is 0.131. The van der Waals surface area contributed by atoms with E-state index in [2.05, 4.69) is 69.1 Å². The number of methoxy groups -OCH3 is 1. The summed E-state index contributed by atoms with van der Waals surface area (Å²) in [6.07, 6.45) is 3.92. The second kappa shape index (κ2) is 18.8. The molecule has 3 saturated heterocycles. The van der Waals surface area contributed by atoms with Crippen molar-refractivity contribution in [2.24, 2.45) is 0 Å². The highest BCUT2D eigenvalue weighted by Gasteiger charge is 2.28. The number of anilines is 6. The van der Waals surface area contributed by atoms with Crippen molar-refractivity contribution >= 4 is 74.3 Å². The van der Waals surface area contributed by atoms with Gasteiger partial charge in [0.05, 0.1) is 29.5 Å². The number of carbonyl (C=O) groups excluding carboxylic acids is 4. The van der Waals surface area contributed by atoms with E-state index in [1.807, 2.05) is 41.3 Å². The standard InChI is InChI=1S/C42H49BrN10O6/c1-50(2)42(57)59-35-7-5-4-6-32(35)46-39-31(43)25-44-41(49-39)47-33-13-12-30(24-36(33)58-3)52-20-22-53(23-21-52)38(55)26-51-18-16-28(17-19-51)27-8-10-29(11-9-27)45-34-14-15-37(54)48-40(34)56/h4-13,24-25,28,34,45H,14-23,26H2,1-3H3,(H,48,54,56)(H2,44,46,47,49). The predicted octanol–water partition coefficient (Wildman–Crippen LogP) is 5.54. The Kier molecular flexibility index (Phi) is 13.1. The molecule has 4 amide bonds. The average molecular weight is 870 g/mol. The summed E-state index contributed by atoms with van der Waals surface area (Å²) in [6.45, 7) is 4.81. The monoisotopic (exact) mass is 868 g/mol. The number of hydrogen-bond donors (Lipinski definition) is 4. The van der Waals surface area contributed by atoms with Crippen LogP contribution in [0, 0.1) is 0 Å². The molecule has 16 nitrogen and oxygen atoms in total. The van der Waals surface area contributed by atoms with E-state index in [1.165, 1.54) is 10.5 Å². The van der Waals surface area contributed by atoms with Crippen LogP contribution in [0.4, 0.5) is 39.3 Å². The Morgan fingerprint density at radius 3 is 2.34 bits per heavy atom. The van der Waals surface area contributed by atoms with Gasteiger partial charge in [0, 0.05) is 70.3 Å². The van der Waals surface area contributed by atoms with E-state index in [0.29, 0.717) is 90.6 Å². The lowest BCUT2D eigenvalue weighted by molar-refractivity contribution is -0.134. The Balaban J connectivity index is 0.878. The highest BCUT2D eigenvalue weighted by Crippen LogP contribution is 2.35. The van der Waals surface area contributed by atoms with Gasteiger partial charge >= 0.3 is 6.09 Å². The lowest BCUT2D eigenvalue weighted by Gasteiger charge is -2.38. The highest BCUT2D eigenvalue weighted by molar-refractivity contribution is 9.10. The number of aromatic nitrogens is 2. The number of nitrogens with one attached hydrogen (secondary N) is 4. The van der Waals surface area contributed by atoms with E-state index in [-0.39, 0.29) is 17.7 Å². The van der Waals surface area contributed by atoms with Crippen molar-refractivity contribution < 1.29 is 28.7 Å². The number of likely N-dealkylation sites (tertiary alicyclic amines) is 1. The van der Waals surface area contributed by atoms with Crippen LogP contribution in [0.25, 0.3) is 0 Å². The average Bonchev–Trinajstić information content (AvgIpc) is 3.24. The Bertz CT molecular complexity index is 2160. The number of piperidine rings is 2. The van der Waals surface area contributed by atoms with Gasteiger partial charge in [-0.15, -0.1) is 0 Å². The Morgan fingerprint density at radius 1 is 0.898 bits per heavy atom. The maximum Gasteiger partial charge on any atom is 0.414 e. The van der Waals surface area contributed by atoms with Crippen molar-refractivity contribution in [1.82, 2.24) is 30.0 Å². The molecular weight excluding hydrogens is 820 g/mol. The molecular formula is C42H49BrN10O6. The number of nitrogens with zero attached hydrogens (tertiary/aromatic N) is 6. The first kappa shape index (κ1) is 41.2. The van der Waals surface area contributed by atoms with Crippen LogP contribution in [0.5, 0.6) is 11.5 Å². The number of ether oxygens (including phenoxy) is 2. The molecule has 0 saturated carbocycles. The van der Waals surface area contributed by atoms with Gasteiger partial charge in [0.1, 0.15) is 17.6 Å². The zero-order valence-electron chi connectivity index (χ0n) is 33.4. The smallest absolute Gasteiger partial charge is 0.414 e. The Hall–Kier alpha value is -5.94. The topological polar surface area (TPSA) is 174 Å². The van der Waals surface area contributed by atoms with Gasteiger partial charge in [-0.3, -0.25) is 24.6 Å². The van der Waals surface area contributed by atoms with Crippen molar-refractivity contribution in [3.05, 3.63) is 83.0 Å². The SMILES string of the molecule is COc1cc(N2CCN(C(=O)CN3CCC(c4ccc(NC5CCC(=O)NC5=O)cc4)CC3)CC2)ccc1Nc1ncc(Br)c(Nc2ccccc2OC(=O)N(C)C)n1. The van der Waals surface area contributed by atoms with Gasteiger partial charge in [-0.1, -0.05) is 24.3 Å². The van der Waals surface area contributed by atoms with Crippen LogP contribution >= 0.6 is 15.9 Å². The van der Waals surface area contributed by atoms with E-state index >= 15 is 0 Å². The second-order valence-electron chi connectivity index (χ2n) is 15.0. The molecule has 3 aliphatic heterocycles. The van der Waals surface area contributed by atoms with Crippen LogP contribution in [0.2, 0.25) is 0 Å². The third kappa shape index (κ3) is 10.4. The fourth-order valence-corrected chi connectivity index (χ4v) is 7.69. The summed E-state index contributed by atoms with van der Waals surface area (Å²) in [4.78, 5) is 66.1. The predicted molar refractivity (Wildman–Crippen MR) is 229 cm³/mol. The third-order valence-corrected chi connectivity index (χ3v) is 11.4. The number of hydrogen-bond acceptors (Lipinski definition) is 13. The van der Waals surface area contributed by atoms with E-state index in [0.717, 1.165) is 37.3 Å². The van der Waals surface area contributed by atoms with Crippen molar-refractivity contribution in [2.45, 2.75) is 37.6 Å². The fourth-order valence-electron chi connectivity index (χ4n) is 7.40. The Labute approximate surface area is 351 Å². The van der Waals surface area contributed by atoms with Gasteiger partial charge in [-0.25, -0.2) is 9.78 Å². The number of carbonyl (C=O) groups is 4. The summed E-state index contributed by atoms with van der Waals surface area (Å²) in [5.41, 5.74) is 4.35. The van der Waals surface area contributed by atoms with Gasteiger partial charge in [0.25, 0.3) is 0 Å². The summed E-state index contributed by atoms with van der Waals surface area (Å²) in [6, 6.07) is 20.8. The molecule has 0 bridgehead atoms. The maximum atomic E-state index is 13.4. The van der Waals surface area contributed by atoms with Gasteiger partial charge in [-0.2, -0.15) is 4.98 Å². The molecule has 4 aromatic rings. The molecule has 0 aliphatic carbocycles. The zero-order chi connectivity index (χ0) is 41.5. The minimum atomic E-state index is -0.498.